The SMILES string of the molecule is COc1ccc(/C=C2/SC(=S)N(CC(=O)Nc3cc([N+](=O)[O-])ccc3O)C2=O)cc1OC. The predicted octanol–water partition coefficient (Wildman–Crippen LogP) is 3.16. The van der Waals surface area contributed by atoms with E-state index in [0.29, 0.717) is 22.0 Å². The Morgan fingerprint density at radius 1 is 1.25 bits per heavy atom. The van der Waals surface area contributed by atoms with Crippen molar-refractivity contribution < 1.29 is 29.1 Å². The van der Waals surface area contributed by atoms with Crippen molar-refractivity contribution in [3.05, 3.63) is 57.0 Å². The van der Waals surface area contributed by atoms with Crippen molar-refractivity contribution in [2.24, 2.45) is 0 Å². The first-order chi connectivity index (χ1) is 15.2. The van der Waals surface area contributed by atoms with Gasteiger partial charge in [0, 0.05) is 12.1 Å². The zero-order chi connectivity index (χ0) is 23.4. The number of thioether (sulfide) groups is 1. The van der Waals surface area contributed by atoms with Crippen LogP contribution in [0.5, 0.6) is 17.2 Å². The van der Waals surface area contributed by atoms with Gasteiger partial charge in [-0.25, -0.2) is 0 Å². The number of nitro benzene ring substituents is 1. The number of benzene rings is 2. The van der Waals surface area contributed by atoms with Crippen LogP contribution < -0.4 is 14.8 Å². The zero-order valence-corrected chi connectivity index (χ0v) is 18.5. The van der Waals surface area contributed by atoms with Crippen molar-refractivity contribution in [3.63, 3.8) is 0 Å². The van der Waals surface area contributed by atoms with Crippen LogP contribution in [0.2, 0.25) is 0 Å². The lowest BCUT2D eigenvalue weighted by Gasteiger charge is -2.14. The maximum absolute atomic E-state index is 12.8. The molecule has 0 unspecified atom stereocenters. The Bertz CT molecular complexity index is 1150. The van der Waals surface area contributed by atoms with Crippen LogP contribution in [0.4, 0.5) is 11.4 Å². The quantitative estimate of drug-likeness (QED) is 0.204. The first kappa shape index (κ1) is 23.0. The van der Waals surface area contributed by atoms with Crippen LogP contribution in [0.15, 0.2) is 41.3 Å². The first-order valence-electron chi connectivity index (χ1n) is 8.98. The molecule has 166 valence electrons. The molecule has 3 rings (SSSR count). The van der Waals surface area contributed by atoms with Gasteiger partial charge in [-0.3, -0.25) is 24.6 Å². The number of anilines is 1. The number of hydrogen-bond acceptors (Lipinski definition) is 9. The number of carbonyl (C=O) groups is 2. The molecule has 1 heterocycles. The summed E-state index contributed by atoms with van der Waals surface area (Å²) >= 11 is 6.26. The number of non-ortho nitro benzene ring substituents is 1. The van der Waals surface area contributed by atoms with E-state index in [1.54, 1.807) is 24.3 Å². The smallest absolute Gasteiger partial charge is 0.271 e. The number of nitro groups is 1. The molecule has 0 saturated carbocycles. The third-order valence-electron chi connectivity index (χ3n) is 4.35. The molecule has 32 heavy (non-hydrogen) atoms. The van der Waals surface area contributed by atoms with Crippen LogP contribution in [-0.2, 0) is 9.59 Å². The Labute approximate surface area is 192 Å². The summed E-state index contributed by atoms with van der Waals surface area (Å²) in [7, 11) is 3.01. The van der Waals surface area contributed by atoms with E-state index in [-0.39, 0.29) is 21.4 Å². The van der Waals surface area contributed by atoms with Crippen LogP contribution >= 0.6 is 24.0 Å². The van der Waals surface area contributed by atoms with E-state index in [1.165, 1.54) is 14.2 Å². The van der Waals surface area contributed by atoms with Crippen LogP contribution in [0.1, 0.15) is 5.56 Å². The number of aromatic hydroxyl groups is 1. The minimum Gasteiger partial charge on any atom is -0.506 e. The minimum absolute atomic E-state index is 0.143. The van der Waals surface area contributed by atoms with Crippen molar-refractivity contribution >= 4 is 57.6 Å². The molecule has 1 fully saturated rings. The highest BCUT2D eigenvalue weighted by Gasteiger charge is 2.33. The average Bonchev–Trinajstić information content (AvgIpc) is 3.02. The average molecular weight is 476 g/mol. The van der Waals surface area contributed by atoms with E-state index in [2.05, 4.69) is 5.32 Å². The number of hydrogen-bond donors (Lipinski definition) is 2. The highest BCUT2D eigenvalue weighted by atomic mass is 32.2. The molecular weight excluding hydrogens is 458 g/mol. The van der Waals surface area contributed by atoms with Gasteiger partial charge in [0.15, 0.2) is 11.5 Å². The van der Waals surface area contributed by atoms with Crippen molar-refractivity contribution in [1.82, 2.24) is 4.90 Å². The number of thiocarbonyl (C=S) groups is 1. The van der Waals surface area contributed by atoms with Crippen LogP contribution in [0.25, 0.3) is 6.08 Å². The second-order valence-electron chi connectivity index (χ2n) is 6.39. The fraction of sp³-hybridized carbons (Fsp3) is 0.150. The van der Waals surface area contributed by atoms with Crippen molar-refractivity contribution in [3.8, 4) is 17.2 Å². The van der Waals surface area contributed by atoms with Gasteiger partial charge in [-0.1, -0.05) is 30.0 Å². The summed E-state index contributed by atoms with van der Waals surface area (Å²) in [5.74, 6) is -0.452. The monoisotopic (exact) mass is 475 g/mol. The molecule has 2 N–H and O–H groups in total. The zero-order valence-electron chi connectivity index (χ0n) is 16.9. The molecule has 12 heteroatoms. The fourth-order valence-corrected chi connectivity index (χ4v) is 4.06. The molecule has 10 nitrogen and oxygen atoms in total. The number of nitrogens with one attached hydrogen (secondary N) is 1. The van der Waals surface area contributed by atoms with Crippen molar-refractivity contribution in [2.45, 2.75) is 0 Å². The predicted molar refractivity (Wildman–Crippen MR) is 123 cm³/mol. The van der Waals surface area contributed by atoms with Crippen LogP contribution in [0, 0.1) is 10.1 Å². The Hall–Kier alpha value is -3.64. The molecule has 0 radical (unpaired) electrons. The molecule has 0 aliphatic carbocycles. The van der Waals surface area contributed by atoms with Crippen molar-refractivity contribution in [1.29, 1.82) is 0 Å². The van der Waals surface area contributed by atoms with Crippen LogP contribution in [0.3, 0.4) is 0 Å². The summed E-state index contributed by atoms with van der Waals surface area (Å²) in [6.45, 7) is -0.421. The van der Waals surface area contributed by atoms with E-state index in [4.69, 9.17) is 21.7 Å². The number of carbonyl (C=O) groups excluding carboxylic acids is 2. The summed E-state index contributed by atoms with van der Waals surface area (Å²) in [4.78, 5) is 36.8. The highest BCUT2D eigenvalue weighted by molar-refractivity contribution is 8.26. The standard InChI is InChI=1S/C20H17N3O7S2/c1-29-15-6-3-11(7-16(15)30-2)8-17-19(26)22(20(31)32-17)10-18(25)21-13-9-12(23(27)28)4-5-14(13)24/h3-9,24H,10H2,1-2H3,(H,21,25)/b17-8+. The van der Waals surface area contributed by atoms with Gasteiger partial charge in [-0.2, -0.15) is 0 Å². The molecule has 0 atom stereocenters. The summed E-state index contributed by atoms with van der Waals surface area (Å²) < 4.78 is 10.6. The molecular formula is C20H17N3O7S2. The molecule has 1 saturated heterocycles. The Balaban J connectivity index is 1.74. The second-order valence-corrected chi connectivity index (χ2v) is 8.06. The second kappa shape index (κ2) is 9.66. The number of methoxy groups -OCH3 is 2. The van der Waals surface area contributed by atoms with Gasteiger partial charge in [0.1, 0.15) is 16.6 Å². The Morgan fingerprint density at radius 2 is 1.97 bits per heavy atom. The van der Waals surface area contributed by atoms with Crippen LogP contribution in [-0.4, -0.2) is 51.8 Å². The number of amides is 2. The summed E-state index contributed by atoms with van der Waals surface area (Å²) in [6.07, 6.45) is 1.62. The fourth-order valence-electron chi connectivity index (χ4n) is 2.80. The molecule has 2 aromatic rings. The lowest BCUT2D eigenvalue weighted by molar-refractivity contribution is -0.384. The summed E-state index contributed by atoms with van der Waals surface area (Å²) in [5.41, 5.74) is 0.228. The van der Waals surface area contributed by atoms with Gasteiger partial charge in [0.05, 0.1) is 29.7 Å². The summed E-state index contributed by atoms with van der Waals surface area (Å²) in [6, 6.07) is 8.36. The molecule has 0 aromatic heterocycles. The largest absolute Gasteiger partial charge is 0.506 e. The lowest BCUT2D eigenvalue weighted by atomic mass is 10.2. The minimum atomic E-state index is -0.676. The number of ether oxygens (including phenoxy) is 2. The van der Waals surface area contributed by atoms with Gasteiger partial charge in [-0.15, -0.1) is 0 Å². The van der Waals surface area contributed by atoms with Gasteiger partial charge >= 0.3 is 0 Å². The molecule has 2 amide bonds. The number of rotatable bonds is 7. The molecule has 1 aliphatic heterocycles. The molecule has 2 aromatic carbocycles. The van der Waals surface area contributed by atoms with E-state index in [9.17, 15) is 24.8 Å². The van der Waals surface area contributed by atoms with E-state index < -0.39 is 23.3 Å². The van der Waals surface area contributed by atoms with E-state index in [1.807, 2.05) is 0 Å². The third kappa shape index (κ3) is 4.98. The topological polar surface area (TPSA) is 131 Å². The normalized spacial score (nSPS) is 14.6. The number of phenolic OH excluding ortho intramolecular Hbond substituents is 1. The Kier molecular flexibility index (Phi) is 6.95. The van der Waals surface area contributed by atoms with Gasteiger partial charge in [0.25, 0.3) is 11.6 Å². The maximum Gasteiger partial charge on any atom is 0.271 e. The lowest BCUT2D eigenvalue weighted by Crippen LogP contribution is -2.36. The highest BCUT2D eigenvalue weighted by Crippen LogP contribution is 2.35. The number of nitrogens with zero attached hydrogens (tertiary/aromatic N) is 2. The van der Waals surface area contributed by atoms with Gasteiger partial charge in [0.2, 0.25) is 5.91 Å². The molecule has 0 bridgehead atoms. The maximum atomic E-state index is 12.8. The first-order valence-corrected chi connectivity index (χ1v) is 10.2. The van der Waals surface area contributed by atoms with E-state index >= 15 is 0 Å². The number of phenols is 1. The molecule has 0 spiro atoms. The third-order valence-corrected chi connectivity index (χ3v) is 5.72. The molecule has 1 aliphatic rings. The van der Waals surface area contributed by atoms with Crippen molar-refractivity contribution in [2.75, 3.05) is 26.1 Å². The van der Waals surface area contributed by atoms with Gasteiger partial charge in [-0.05, 0) is 29.8 Å². The summed E-state index contributed by atoms with van der Waals surface area (Å²) in [5, 5.41) is 23.1. The van der Waals surface area contributed by atoms with E-state index in [0.717, 1.165) is 34.9 Å². The Morgan fingerprint density at radius 3 is 2.62 bits per heavy atom. The van der Waals surface area contributed by atoms with Gasteiger partial charge < -0.3 is 19.9 Å².